The Morgan fingerprint density at radius 1 is 1.45 bits per heavy atom. The molecule has 1 aliphatic carbocycles. The van der Waals surface area contributed by atoms with Crippen molar-refractivity contribution in [1.82, 2.24) is 9.97 Å². The summed E-state index contributed by atoms with van der Waals surface area (Å²) in [7, 11) is 1.72. The molecule has 1 N–H and O–H groups in total. The smallest absolute Gasteiger partial charge is 0.265 e. The summed E-state index contributed by atoms with van der Waals surface area (Å²) in [5.41, 5.74) is 0.310. The van der Waals surface area contributed by atoms with Crippen LogP contribution in [0.3, 0.4) is 0 Å². The molecule has 20 heavy (non-hydrogen) atoms. The van der Waals surface area contributed by atoms with E-state index in [1.165, 1.54) is 0 Å². The van der Waals surface area contributed by atoms with Crippen LogP contribution in [0.25, 0.3) is 0 Å². The molecule has 0 amide bonds. The first-order chi connectivity index (χ1) is 9.52. The van der Waals surface area contributed by atoms with Crippen LogP contribution in [0.15, 0.2) is 9.27 Å². The van der Waals surface area contributed by atoms with Gasteiger partial charge in [0, 0.05) is 7.11 Å². The molecule has 1 aliphatic rings. The van der Waals surface area contributed by atoms with Gasteiger partial charge in [-0.25, -0.2) is 4.98 Å². The number of nitrogens with zero attached hydrogens (tertiary/aromatic N) is 1. The van der Waals surface area contributed by atoms with E-state index in [0.717, 1.165) is 50.1 Å². The molecule has 0 unspecified atom stereocenters. The van der Waals surface area contributed by atoms with Crippen LogP contribution in [0.5, 0.6) is 0 Å². The molecule has 1 fully saturated rings. The monoisotopic (exact) mass is 342 g/mol. The van der Waals surface area contributed by atoms with Gasteiger partial charge in [-0.2, -0.15) is 0 Å². The maximum Gasteiger partial charge on any atom is 0.265 e. The molecule has 1 aromatic heterocycles. The minimum absolute atomic E-state index is 0.103. The summed E-state index contributed by atoms with van der Waals surface area (Å²) >= 11 is 3.34. The normalized spacial score (nSPS) is 26.7. The van der Waals surface area contributed by atoms with Gasteiger partial charge in [0.15, 0.2) is 0 Å². The fourth-order valence-corrected chi connectivity index (χ4v) is 3.28. The molecule has 0 aliphatic heterocycles. The number of methoxy groups -OCH3 is 1. The van der Waals surface area contributed by atoms with Gasteiger partial charge in [0.25, 0.3) is 5.56 Å². The first-order valence-corrected chi connectivity index (χ1v) is 8.16. The fourth-order valence-electron chi connectivity index (χ4n) is 2.89. The number of hydrogen-bond donors (Lipinski definition) is 1. The third kappa shape index (κ3) is 2.98. The number of hydrogen-bond acceptors (Lipinski definition) is 3. The third-order valence-electron chi connectivity index (χ3n) is 4.32. The summed E-state index contributed by atoms with van der Waals surface area (Å²) < 4.78 is 6.35. The zero-order valence-corrected chi connectivity index (χ0v) is 14.0. The number of nitrogens with one attached hydrogen (secondary N) is 1. The number of aromatic amines is 1. The van der Waals surface area contributed by atoms with E-state index >= 15 is 0 Å². The molecule has 0 radical (unpaired) electrons. The Morgan fingerprint density at radius 2 is 2.10 bits per heavy atom. The number of halogens is 1. The number of ether oxygens (including phenoxy) is 1. The van der Waals surface area contributed by atoms with Crippen molar-refractivity contribution >= 4 is 15.9 Å². The largest absolute Gasteiger partial charge is 0.370 e. The lowest BCUT2D eigenvalue weighted by atomic mass is 9.79. The highest BCUT2D eigenvalue weighted by Crippen LogP contribution is 2.40. The molecular weight excluding hydrogens is 320 g/mol. The number of aromatic nitrogens is 2. The molecule has 0 spiro atoms. The highest BCUT2D eigenvalue weighted by molar-refractivity contribution is 9.10. The van der Waals surface area contributed by atoms with E-state index in [9.17, 15) is 4.79 Å². The summed E-state index contributed by atoms with van der Waals surface area (Å²) in [4.78, 5) is 19.7. The summed E-state index contributed by atoms with van der Waals surface area (Å²) in [6, 6.07) is 0. The highest BCUT2D eigenvalue weighted by atomic mass is 79.9. The van der Waals surface area contributed by atoms with Gasteiger partial charge in [-0.05, 0) is 54.0 Å². The first kappa shape index (κ1) is 15.7. The Morgan fingerprint density at radius 3 is 2.65 bits per heavy atom. The minimum Gasteiger partial charge on any atom is -0.370 e. The molecule has 5 heteroatoms. The van der Waals surface area contributed by atoms with Crippen molar-refractivity contribution in [2.24, 2.45) is 5.92 Å². The summed E-state index contributed by atoms with van der Waals surface area (Å²) in [5, 5.41) is 0. The second kappa shape index (κ2) is 6.39. The van der Waals surface area contributed by atoms with Crippen LogP contribution in [-0.4, -0.2) is 17.1 Å². The summed E-state index contributed by atoms with van der Waals surface area (Å²) in [5.74, 6) is 1.42. The van der Waals surface area contributed by atoms with E-state index in [-0.39, 0.29) is 5.56 Å². The fraction of sp³-hybridized carbons (Fsp3) is 0.733. The molecule has 0 aromatic carbocycles. The quantitative estimate of drug-likeness (QED) is 0.910. The van der Waals surface area contributed by atoms with E-state index < -0.39 is 5.60 Å². The van der Waals surface area contributed by atoms with Gasteiger partial charge >= 0.3 is 0 Å². The molecule has 0 saturated heterocycles. The van der Waals surface area contributed by atoms with Crippen LogP contribution in [-0.2, 0) is 16.8 Å². The van der Waals surface area contributed by atoms with Gasteiger partial charge in [-0.15, -0.1) is 0 Å². The van der Waals surface area contributed by atoms with Gasteiger partial charge in [0.2, 0.25) is 0 Å². The number of rotatable bonds is 4. The topological polar surface area (TPSA) is 55.0 Å². The van der Waals surface area contributed by atoms with Crippen LogP contribution in [0.4, 0.5) is 0 Å². The van der Waals surface area contributed by atoms with E-state index in [2.05, 4.69) is 39.7 Å². The average molecular weight is 343 g/mol. The number of H-pyrrole nitrogens is 1. The van der Waals surface area contributed by atoms with Gasteiger partial charge in [-0.3, -0.25) is 4.79 Å². The van der Waals surface area contributed by atoms with Crippen molar-refractivity contribution in [3.8, 4) is 0 Å². The van der Waals surface area contributed by atoms with Crippen molar-refractivity contribution in [3.05, 3.63) is 26.3 Å². The summed E-state index contributed by atoms with van der Waals surface area (Å²) in [6.45, 7) is 4.35. The Hall–Kier alpha value is -0.680. The lowest BCUT2D eigenvalue weighted by Crippen LogP contribution is -2.37. The van der Waals surface area contributed by atoms with E-state index in [1.54, 1.807) is 7.11 Å². The Labute approximate surface area is 128 Å². The highest BCUT2D eigenvalue weighted by Gasteiger charge is 2.38. The van der Waals surface area contributed by atoms with Crippen molar-refractivity contribution in [1.29, 1.82) is 0 Å². The molecule has 2 rings (SSSR count). The van der Waals surface area contributed by atoms with Gasteiger partial charge in [0.05, 0.1) is 5.69 Å². The molecule has 1 aromatic rings. The first-order valence-electron chi connectivity index (χ1n) is 7.36. The molecule has 4 nitrogen and oxygen atoms in total. The second-order valence-electron chi connectivity index (χ2n) is 5.81. The zero-order valence-electron chi connectivity index (χ0n) is 12.5. The maximum absolute atomic E-state index is 12.1. The molecule has 0 bridgehead atoms. The van der Waals surface area contributed by atoms with Crippen molar-refractivity contribution < 1.29 is 4.74 Å². The van der Waals surface area contributed by atoms with Gasteiger partial charge in [-0.1, -0.05) is 20.3 Å². The average Bonchev–Trinajstić information content (AvgIpc) is 2.45. The molecule has 112 valence electrons. The molecule has 0 atom stereocenters. The lowest BCUT2D eigenvalue weighted by molar-refractivity contribution is -0.0600. The van der Waals surface area contributed by atoms with Crippen LogP contribution >= 0.6 is 15.9 Å². The Bertz CT molecular complexity index is 519. The van der Waals surface area contributed by atoms with E-state index in [4.69, 9.17) is 4.74 Å². The zero-order chi connectivity index (χ0) is 14.8. The second-order valence-corrected chi connectivity index (χ2v) is 6.60. The van der Waals surface area contributed by atoms with Gasteiger partial charge in [0.1, 0.15) is 15.9 Å². The standard InChI is InChI=1S/C15H23BrN2O2/c1-4-5-11-12(16)13(19)18-14(17-11)15(20-3)8-6-10(2)7-9-15/h10H,4-9H2,1-3H3,(H,17,18,19). The van der Waals surface area contributed by atoms with E-state index in [0.29, 0.717) is 10.3 Å². The van der Waals surface area contributed by atoms with Gasteiger partial charge < -0.3 is 9.72 Å². The Kier molecular flexibility index (Phi) is 5.02. The molecule has 1 heterocycles. The molecule has 1 saturated carbocycles. The van der Waals surface area contributed by atoms with E-state index in [1.807, 2.05) is 0 Å². The predicted molar refractivity (Wildman–Crippen MR) is 82.9 cm³/mol. The summed E-state index contributed by atoms with van der Waals surface area (Å²) in [6.07, 6.45) is 5.81. The van der Waals surface area contributed by atoms with Crippen LogP contribution in [0.1, 0.15) is 57.5 Å². The Balaban J connectivity index is 2.42. The molecular formula is C15H23BrN2O2. The van der Waals surface area contributed by atoms with Crippen LogP contribution in [0, 0.1) is 5.92 Å². The van der Waals surface area contributed by atoms with Crippen molar-refractivity contribution in [3.63, 3.8) is 0 Å². The maximum atomic E-state index is 12.1. The third-order valence-corrected chi connectivity index (χ3v) is 5.14. The van der Waals surface area contributed by atoms with Crippen molar-refractivity contribution in [2.45, 2.75) is 58.0 Å². The number of aryl methyl sites for hydroxylation is 1. The predicted octanol–water partition coefficient (Wildman–Crippen LogP) is 3.54. The van der Waals surface area contributed by atoms with Crippen LogP contribution < -0.4 is 5.56 Å². The lowest BCUT2D eigenvalue weighted by Gasteiger charge is -2.37. The minimum atomic E-state index is -0.422. The SMILES string of the molecule is CCCc1nc(C2(OC)CCC(C)CC2)[nH]c(=O)c1Br. The van der Waals surface area contributed by atoms with Crippen molar-refractivity contribution in [2.75, 3.05) is 7.11 Å². The van der Waals surface area contributed by atoms with Crippen LogP contribution in [0.2, 0.25) is 0 Å².